The van der Waals surface area contributed by atoms with E-state index in [4.69, 9.17) is 0 Å². The highest BCUT2D eigenvalue weighted by Crippen LogP contribution is 2.18. The van der Waals surface area contributed by atoms with E-state index < -0.39 is 0 Å². The van der Waals surface area contributed by atoms with Crippen LogP contribution in [0.15, 0.2) is 40.9 Å². The number of aryl methyl sites for hydroxylation is 2. The van der Waals surface area contributed by atoms with Gasteiger partial charge in [-0.25, -0.2) is 4.39 Å². The van der Waals surface area contributed by atoms with Crippen molar-refractivity contribution >= 4 is 15.9 Å². The van der Waals surface area contributed by atoms with Gasteiger partial charge in [-0.05, 0) is 63.1 Å². The van der Waals surface area contributed by atoms with Crippen LogP contribution in [0.4, 0.5) is 4.39 Å². The molecule has 3 heteroatoms. The number of hydrogen-bond donors (Lipinski definition) is 1. The van der Waals surface area contributed by atoms with Gasteiger partial charge in [0.15, 0.2) is 0 Å². The molecule has 1 unspecified atom stereocenters. The second-order valence-electron chi connectivity index (χ2n) is 5.67. The Morgan fingerprint density at radius 3 is 2.05 bits per heavy atom. The predicted molar refractivity (Wildman–Crippen MR) is 90.3 cm³/mol. The van der Waals surface area contributed by atoms with E-state index in [0.717, 1.165) is 22.9 Å². The van der Waals surface area contributed by atoms with E-state index in [1.165, 1.54) is 22.8 Å². The molecule has 0 aromatic heterocycles. The average Bonchev–Trinajstić information content (AvgIpc) is 2.35. The van der Waals surface area contributed by atoms with Crippen molar-refractivity contribution in [3.05, 3.63) is 68.9 Å². The summed E-state index contributed by atoms with van der Waals surface area (Å²) in [6, 6.07) is 12.0. The van der Waals surface area contributed by atoms with E-state index in [9.17, 15) is 4.39 Å². The lowest BCUT2D eigenvalue weighted by Gasteiger charge is -2.17. The molecule has 1 nitrogen and oxygen atoms in total. The third-order valence-corrected chi connectivity index (χ3v) is 4.03. The van der Waals surface area contributed by atoms with Crippen LogP contribution < -0.4 is 5.32 Å². The highest BCUT2D eigenvalue weighted by atomic mass is 79.9. The van der Waals surface area contributed by atoms with E-state index >= 15 is 0 Å². The molecule has 2 rings (SSSR count). The summed E-state index contributed by atoms with van der Waals surface area (Å²) in [5.41, 5.74) is 4.90. The van der Waals surface area contributed by atoms with Crippen LogP contribution in [0.25, 0.3) is 0 Å². The van der Waals surface area contributed by atoms with Crippen LogP contribution in [0, 0.1) is 19.7 Å². The van der Waals surface area contributed by atoms with Crippen molar-refractivity contribution in [3.8, 4) is 0 Å². The molecule has 112 valence electrons. The summed E-state index contributed by atoms with van der Waals surface area (Å²) >= 11 is 3.35. The molecular formula is C18H21BrFN. The first-order chi connectivity index (χ1) is 9.96. The van der Waals surface area contributed by atoms with Crippen LogP contribution in [0.3, 0.4) is 0 Å². The van der Waals surface area contributed by atoms with Crippen molar-refractivity contribution < 1.29 is 4.39 Å². The van der Waals surface area contributed by atoms with E-state index in [1.807, 2.05) is 13.1 Å². The summed E-state index contributed by atoms with van der Waals surface area (Å²) in [6.07, 6.45) is 1.74. The van der Waals surface area contributed by atoms with Crippen molar-refractivity contribution in [2.75, 3.05) is 7.05 Å². The van der Waals surface area contributed by atoms with Gasteiger partial charge in [-0.2, -0.15) is 0 Å². The first-order valence-corrected chi connectivity index (χ1v) is 7.95. The number of nitrogens with one attached hydrogen (secondary N) is 1. The third kappa shape index (κ3) is 4.94. The van der Waals surface area contributed by atoms with Gasteiger partial charge in [0.2, 0.25) is 0 Å². The molecule has 0 aliphatic carbocycles. The van der Waals surface area contributed by atoms with Gasteiger partial charge in [0.25, 0.3) is 0 Å². The van der Waals surface area contributed by atoms with E-state index in [1.54, 1.807) is 6.07 Å². The summed E-state index contributed by atoms with van der Waals surface area (Å²) in [7, 11) is 1.96. The first kappa shape index (κ1) is 16.2. The fourth-order valence-corrected chi connectivity index (χ4v) is 3.27. The zero-order valence-electron chi connectivity index (χ0n) is 12.7. The highest BCUT2D eigenvalue weighted by molar-refractivity contribution is 9.10. The van der Waals surface area contributed by atoms with Crippen molar-refractivity contribution in [1.29, 1.82) is 0 Å². The molecule has 0 heterocycles. The second kappa shape index (κ2) is 7.19. The first-order valence-electron chi connectivity index (χ1n) is 7.15. The molecule has 1 N–H and O–H groups in total. The molecule has 0 saturated heterocycles. The van der Waals surface area contributed by atoms with Gasteiger partial charge in [0.05, 0.1) is 0 Å². The Morgan fingerprint density at radius 2 is 1.52 bits per heavy atom. The summed E-state index contributed by atoms with van der Waals surface area (Å²) in [5.74, 6) is -0.194. The molecule has 0 aliphatic rings. The molecule has 2 aromatic carbocycles. The Morgan fingerprint density at radius 1 is 0.952 bits per heavy atom. The van der Waals surface area contributed by atoms with Gasteiger partial charge in [0, 0.05) is 10.5 Å². The van der Waals surface area contributed by atoms with Gasteiger partial charge in [-0.15, -0.1) is 0 Å². The zero-order valence-corrected chi connectivity index (χ0v) is 14.3. The van der Waals surface area contributed by atoms with Crippen LogP contribution in [0.2, 0.25) is 0 Å². The van der Waals surface area contributed by atoms with Gasteiger partial charge < -0.3 is 5.32 Å². The molecule has 0 radical (unpaired) electrons. The topological polar surface area (TPSA) is 12.0 Å². The summed E-state index contributed by atoms with van der Waals surface area (Å²) in [6.45, 7) is 4.24. The van der Waals surface area contributed by atoms with Crippen molar-refractivity contribution in [2.24, 2.45) is 0 Å². The SMILES string of the molecule is CNC(Cc1cc(C)cc(C)c1)Cc1cc(F)cc(Br)c1. The molecule has 21 heavy (non-hydrogen) atoms. The maximum Gasteiger partial charge on any atom is 0.124 e. The van der Waals surface area contributed by atoms with E-state index in [0.29, 0.717) is 6.04 Å². The summed E-state index contributed by atoms with van der Waals surface area (Å²) in [5, 5.41) is 3.34. The lowest BCUT2D eigenvalue weighted by molar-refractivity contribution is 0.552. The molecule has 0 spiro atoms. The van der Waals surface area contributed by atoms with Gasteiger partial charge in [0.1, 0.15) is 5.82 Å². The molecular weight excluding hydrogens is 329 g/mol. The Kier molecular flexibility index (Phi) is 5.54. The van der Waals surface area contributed by atoms with Crippen LogP contribution >= 0.6 is 15.9 Å². The number of halogens is 2. The second-order valence-corrected chi connectivity index (χ2v) is 6.58. The third-order valence-electron chi connectivity index (χ3n) is 3.58. The fourth-order valence-electron chi connectivity index (χ4n) is 2.76. The lowest BCUT2D eigenvalue weighted by Crippen LogP contribution is -2.30. The highest BCUT2D eigenvalue weighted by Gasteiger charge is 2.10. The molecule has 1 atom stereocenters. The van der Waals surface area contributed by atoms with Crippen LogP contribution in [-0.4, -0.2) is 13.1 Å². The Hall–Kier alpha value is -1.19. The smallest absolute Gasteiger partial charge is 0.124 e. The standard InChI is InChI=1S/C18H21BrFN/c1-12-4-13(2)6-14(5-12)9-18(21-3)10-15-7-16(19)11-17(20)8-15/h4-8,11,18,21H,9-10H2,1-3H3. The van der Waals surface area contributed by atoms with Crippen LogP contribution in [0.5, 0.6) is 0 Å². The minimum absolute atomic E-state index is 0.194. The van der Waals surface area contributed by atoms with E-state index in [2.05, 4.69) is 53.3 Å². The van der Waals surface area contributed by atoms with Gasteiger partial charge in [-0.1, -0.05) is 45.3 Å². The number of benzene rings is 2. The van der Waals surface area contributed by atoms with Crippen LogP contribution in [-0.2, 0) is 12.8 Å². The summed E-state index contributed by atoms with van der Waals surface area (Å²) in [4.78, 5) is 0. The normalized spacial score (nSPS) is 12.4. The quantitative estimate of drug-likeness (QED) is 0.832. The maximum absolute atomic E-state index is 13.5. The predicted octanol–water partition coefficient (Wildman–Crippen LogP) is 4.58. The summed E-state index contributed by atoms with van der Waals surface area (Å²) < 4.78 is 14.3. The largest absolute Gasteiger partial charge is 0.316 e. The van der Waals surface area contributed by atoms with Crippen molar-refractivity contribution in [3.63, 3.8) is 0 Å². The fraction of sp³-hybridized carbons (Fsp3) is 0.333. The van der Waals surface area contributed by atoms with Crippen molar-refractivity contribution in [1.82, 2.24) is 5.32 Å². The number of hydrogen-bond acceptors (Lipinski definition) is 1. The van der Waals surface area contributed by atoms with E-state index in [-0.39, 0.29) is 5.82 Å². The monoisotopic (exact) mass is 349 g/mol. The lowest BCUT2D eigenvalue weighted by atomic mass is 9.97. The van der Waals surface area contributed by atoms with Gasteiger partial charge >= 0.3 is 0 Å². The molecule has 0 saturated carbocycles. The van der Waals surface area contributed by atoms with Crippen LogP contribution in [0.1, 0.15) is 22.3 Å². The average molecular weight is 350 g/mol. The number of likely N-dealkylation sites (N-methyl/N-ethyl adjacent to an activating group) is 1. The Labute approximate surface area is 134 Å². The molecule has 0 fully saturated rings. The Balaban J connectivity index is 2.12. The van der Waals surface area contributed by atoms with Crippen molar-refractivity contribution in [2.45, 2.75) is 32.7 Å². The van der Waals surface area contributed by atoms with Gasteiger partial charge in [-0.3, -0.25) is 0 Å². The zero-order chi connectivity index (χ0) is 15.4. The Bertz CT molecular complexity index is 531. The molecule has 2 aromatic rings. The minimum atomic E-state index is -0.194. The molecule has 0 amide bonds. The minimum Gasteiger partial charge on any atom is -0.316 e. The maximum atomic E-state index is 13.5. The number of rotatable bonds is 5. The molecule has 0 aliphatic heterocycles. The molecule has 0 bridgehead atoms.